The number of epoxide rings is 1. The van der Waals surface area contributed by atoms with Gasteiger partial charge in [0.1, 0.15) is 28.8 Å². The van der Waals surface area contributed by atoms with Crippen molar-refractivity contribution in [1.82, 2.24) is 29.9 Å². The van der Waals surface area contributed by atoms with Crippen LogP contribution in [0.1, 0.15) is 126 Å². The fourth-order valence-electron chi connectivity index (χ4n) is 10.5. The number of anilines is 1. The van der Waals surface area contributed by atoms with Crippen molar-refractivity contribution in [2.75, 3.05) is 77.1 Å². The van der Waals surface area contributed by atoms with E-state index in [1.165, 1.54) is 11.0 Å². The van der Waals surface area contributed by atoms with Crippen molar-refractivity contribution in [3.8, 4) is 18.2 Å². The van der Waals surface area contributed by atoms with E-state index in [2.05, 4.69) is 21.7 Å². The number of hydrogen-bond donors (Lipinski definition) is 3. The lowest BCUT2D eigenvalue weighted by atomic mass is 9.88. The number of halogens is 7. The van der Waals surface area contributed by atoms with Crippen molar-refractivity contribution in [3.63, 3.8) is 0 Å². The minimum Gasteiger partial charge on any atom is -0.375 e. The molecule has 91 heavy (non-hydrogen) atoms. The summed E-state index contributed by atoms with van der Waals surface area (Å²) in [5.74, 6) is 0.810. The van der Waals surface area contributed by atoms with Crippen LogP contribution in [0.15, 0.2) is 84.9 Å². The van der Waals surface area contributed by atoms with Gasteiger partial charge in [-0.3, -0.25) is 24.0 Å². The maximum absolute atomic E-state index is 15.2. The molecule has 1 aromatic heterocycles. The molecule has 4 aromatic carbocycles. The number of amides is 4. The monoisotopic (exact) mass is 1340 g/mol. The highest BCUT2D eigenvalue weighted by Crippen LogP contribution is 2.45. The van der Waals surface area contributed by atoms with Crippen molar-refractivity contribution in [1.29, 1.82) is 15.8 Å². The van der Waals surface area contributed by atoms with Crippen LogP contribution in [0, 0.1) is 68.6 Å². The molecule has 6 heterocycles. The summed E-state index contributed by atoms with van der Waals surface area (Å²) in [6.07, 6.45) is 0.990. The number of nitrogens with one attached hydrogen (secondary N) is 2. The summed E-state index contributed by atoms with van der Waals surface area (Å²) in [7, 11) is 1.84. The Bertz CT molecular complexity index is 3550. The SMILES string of the molecule is CNc1nc(CNCC2(F)CCN(C(=O)c3ccc(C)c(Cl)c3)CC2)ccc1C.Cc1ccc(C(=O)N2CCC(=O)CC2)cc1Cl.Cc1ccc(C(=O)N2CCC(F)(C(O)C#N)CC2)cc1Cl.Cc1ccc(C(=O)N2CCC3(CC2)OC3C#N)cc1Cl.N#CCCl. The number of piperidine rings is 4. The average Bonchev–Trinajstić information content (AvgIpc) is 1.61. The van der Waals surface area contributed by atoms with Crippen LogP contribution in [-0.2, 0) is 16.1 Å². The Hall–Kier alpha value is -6.96. The van der Waals surface area contributed by atoms with Gasteiger partial charge in [-0.2, -0.15) is 15.8 Å². The third-order valence-corrected chi connectivity index (χ3v) is 18.5. The van der Waals surface area contributed by atoms with E-state index in [0.717, 1.165) is 52.2 Å². The zero-order chi connectivity index (χ0) is 66.8. The number of alkyl halides is 3. The normalized spacial score (nSPS) is 17.8. The maximum Gasteiger partial charge on any atom is 0.253 e. The van der Waals surface area contributed by atoms with Crippen molar-refractivity contribution < 1.29 is 42.6 Å². The van der Waals surface area contributed by atoms with E-state index >= 15 is 4.39 Å². The second-order valence-electron chi connectivity index (χ2n) is 23.1. The first-order chi connectivity index (χ1) is 43.2. The van der Waals surface area contributed by atoms with E-state index in [0.29, 0.717) is 114 Å². The first-order valence-corrected chi connectivity index (χ1v) is 31.8. The number of pyridine rings is 1. The van der Waals surface area contributed by atoms with Crippen LogP contribution in [0.3, 0.4) is 0 Å². The average molecular weight is 1350 g/mol. The zero-order valence-corrected chi connectivity index (χ0v) is 55.6. The first-order valence-electron chi connectivity index (χ1n) is 29.8. The number of carbonyl (C=O) groups is 5. The Morgan fingerprint density at radius 2 is 0.978 bits per heavy atom. The molecule has 3 N–H and O–H groups in total. The fraction of sp³-hybridized carbons (Fsp3) is 0.448. The minimum absolute atomic E-state index is 0.00379. The van der Waals surface area contributed by atoms with Crippen molar-refractivity contribution in [2.24, 2.45) is 0 Å². The largest absolute Gasteiger partial charge is 0.375 e. The molecule has 2 unspecified atom stereocenters. The number of carbonyl (C=O) groups excluding carboxylic acids is 5. The van der Waals surface area contributed by atoms with E-state index in [4.69, 9.17) is 78.5 Å². The summed E-state index contributed by atoms with van der Waals surface area (Å²) in [6, 6.07) is 30.3. The summed E-state index contributed by atoms with van der Waals surface area (Å²) >= 11 is 29.0. The molecule has 0 saturated carbocycles. The lowest BCUT2D eigenvalue weighted by Gasteiger charge is -2.37. The topological polar surface area (TPSA) is 239 Å². The van der Waals surface area contributed by atoms with Crippen LogP contribution in [0.25, 0.3) is 0 Å². The molecule has 0 radical (unpaired) electrons. The number of hydrogen-bond acceptors (Lipinski definition) is 13. The molecule has 5 aliphatic rings. The van der Waals surface area contributed by atoms with Crippen molar-refractivity contribution in [2.45, 2.75) is 122 Å². The lowest BCUT2D eigenvalue weighted by Crippen LogP contribution is -2.49. The summed E-state index contributed by atoms with van der Waals surface area (Å²) < 4.78 is 34.9. The quantitative estimate of drug-likeness (QED) is 0.0671. The van der Waals surface area contributed by atoms with Gasteiger partial charge in [0.2, 0.25) is 0 Å². The van der Waals surface area contributed by atoms with Gasteiger partial charge in [-0.25, -0.2) is 13.8 Å². The van der Waals surface area contributed by atoms with Crippen molar-refractivity contribution in [3.05, 3.63) is 161 Å². The highest BCUT2D eigenvalue weighted by Gasteiger charge is 2.58. The molecule has 5 aliphatic heterocycles. The molecule has 24 heteroatoms. The van der Waals surface area contributed by atoms with Gasteiger partial charge >= 0.3 is 0 Å². The number of aliphatic hydroxyl groups is 1. The van der Waals surface area contributed by atoms with E-state index in [1.54, 1.807) is 70.5 Å². The number of aryl methyl sites for hydroxylation is 5. The summed E-state index contributed by atoms with van der Waals surface area (Å²) in [5.41, 5.74) is 4.35. The Kier molecular flexibility index (Phi) is 27.0. The number of likely N-dealkylation sites (tertiary alicyclic amines) is 4. The molecule has 17 nitrogen and oxygen atoms in total. The van der Waals surface area contributed by atoms with Gasteiger partial charge in [0.05, 0.1) is 23.9 Å². The third kappa shape index (κ3) is 20.0. The smallest absolute Gasteiger partial charge is 0.253 e. The fourth-order valence-corrected chi connectivity index (χ4v) is 11.2. The molecular formula is C67H75Cl5F2N10O7. The molecule has 1 spiro atoms. The van der Waals surface area contributed by atoms with E-state index in [-0.39, 0.29) is 79.5 Å². The lowest BCUT2D eigenvalue weighted by molar-refractivity contribution is -0.120. The molecule has 5 saturated heterocycles. The molecule has 5 fully saturated rings. The second kappa shape index (κ2) is 33.6. The van der Waals surface area contributed by atoms with Crippen LogP contribution < -0.4 is 10.6 Å². The van der Waals surface area contributed by atoms with Crippen LogP contribution in [0.2, 0.25) is 20.1 Å². The van der Waals surface area contributed by atoms with Gasteiger partial charge in [0.15, 0.2) is 17.9 Å². The molecular weight excluding hydrogens is 1270 g/mol. The molecule has 0 aliphatic carbocycles. The minimum atomic E-state index is -1.93. The number of benzene rings is 4. The van der Waals surface area contributed by atoms with E-state index < -0.39 is 17.4 Å². The number of nitrogens with zero attached hydrogens (tertiary/aromatic N) is 8. The standard InChI is InChI=1S/C22H28ClFN4O.C15H16ClFN2O2.C15H15ClN2O2.C13H14ClNO2.C2H2ClN/c1-15-4-6-17(12-19(15)23)21(29)28-10-8-22(24,9-11-28)14-26-13-18-7-5-16(2)20(25-3)27-18;1-10-2-3-11(8-12(10)16)14(21)19-6-4-15(17,5-7-19)13(20)9-18;1-10-2-3-11(8-12(10)16)14(19)18-6-4-15(5-7-18)13(9-17)20-15;1-9-2-3-10(8-12(9)14)13(17)15-6-4-11(16)5-7-15;3-1-2-4/h4-7,12,26H,8-11,13-14H2,1-3H3,(H,25,27);2-3,8,13,20H,4-7H2,1H3;2-3,8,13H,4-7H2,1H3;2-3,8H,4-7H2,1H3;1H2. The van der Waals surface area contributed by atoms with Crippen LogP contribution in [-0.4, -0.2) is 160 Å². The molecule has 10 rings (SSSR count). The number of Topliss-reactive ketones (excluding diaryl/α,β-unsaturated/α-hetero) is 1. The predicted molar refractivity (Wildman–Crippen MR) is 349 cm³/mol. The summed E-state index contributed by atoms with van der Waals surface area (Å²) in [6.45, 7) is 13.7. The van der Waals surface area contributed by atoms with Crippen LogP contribution in [0.5, 0.6) is 0 Å². The zero-order valence-electron chi connectivity index (χ0n) is 51.8. The number of ketones is 1. The Balaban J connectivity index is 0.000000192. The Morgan fingerprint density at radius 3 is 1.32 bits per heavy atom. The number of nitriles is 3. The number of aromatic nitrogens is 1. The second-order valence-corrected chi connectivity index (χ2v) is 25.0. The number of ether oxygens (including phenoxy) is 1. The Morgan fingerprint density at radius 1 is 0.615 bits per heavy atom. The highest BCUT2D eigenvalue weighted by molar-refractivity contribution is 6.32. The summed E-state index contributed by atoms with van der Waals surface area (Å²) in [4.78, 5) is 71.9. The highest BCUT2D eigenvalue weighted by atomic mass is 35.5. The van der Waals surface area contributed by atoms with E-state index in [1.807, 2.05) is 76.9 Å². The third-order valence-electron chi connectivity index (χ3n) is 16.7. The first kappa shape index (κ1) is 73.1. The maximum atomic E-state index is 15.2. The molecule has 5 aromatic rings. The molecule has 2 atom stereocenters. The van der Waals surface area contributed by atoms with Crippen LogP contribution >= 0.6 is 58.0 Å². The predicted octanol–water partition coefficient (Wildman–Crippen LogP) is 12.4. The Labute approximate surface area is 556 Å². The molecule has 0 bridgehead atoms. The number of aliphatic hydroxyl groups excluding tert-OH is 1. The van der Waals surface area contributed by atoms with Crippen molar-refractivity contribution >= 4 is 93.2 Å². The molecule has 484 valence electrons. The van der Waals surface area contributed by atoms with Gasteiger partial charge in [-0.1, -0.05) is 76.7 Å². The van der Waals surface area contributed by atoms with Gasteiger partial charge < -0.3 is 40.1 Å². The van der Waals surface area contributed by atoms with Crippen LogP contribution in [0.4, 0.5) is 14.6 Å². The van der Waals surface area contributed by atoms with Gasteiger partial charge in [0.25, 0.3) is 23.6 Å². The summed E-state index contributed by atoms with van der Waals surface area (Å²) in [5, 5.41) is 42.9. The molecule has 4 amide bonds. The van der Waals surface area contributed by atoms with Gasteiger partial charge in [-0.15, -0.1) is 11.6 Å². The van der Waals surface area contributed by atoms with Gasteiger partial charge in [-0.05, 0) is 130 Å². The van der Waals surface area contributed by atoms with Gasteiger partial charge in [0, 0.05) is 153 Å². The number of rotatable bonds is 10. The van der Waals surface area contributed by atoms with E-state index in [9.17, 15) is 33.5 Å².